The summed E-state index contributed by atoms with van der Waals surface area (Å²) in [5.74, 6) is -0.657. The van der Waals surface area contributed by atoms with E-state index in [9.17, 15) is 23.3 Å². The van der Waals surface area contributed by atoms with Crippen molar-refractivity contribution >= 4 is 27.1 Å². The fraction of sp³-hybridized carbons (Fsp3) is 0.143. The third kappa shape index (κ3) is 4.58. The highest BCUT2D eigenvalue weighted by molar-refractivity contribution is 7.89. The average molecular weight is 335 g/mol. The molecule has 0 unspecified atom stereocenters. The van der Waals surface area contributed by atoms with Gasteiger partial charge in [-0.3, -0.25) is 19.9 Å². The van der Waals surface area contributed by atoms with Crippen LogP contribution < -0.4 is 5.32 Å². The van der Waals surface area contributed by atoms with E-state index < -0.39 is 20.7 Å². The van der Waals surface area contributed by atoms with Crippen molar-refractivity contribution in [3.05, 3.63) is 64.0 Å². The number of rotatable bonds is 5. The number of carbonyl (C=O) groups is 1. The summed E-state index contributed by atoms with van der Waals surface area (Å²) in [6.07, 6.45) is 3.50. The molecule has 0 bridgehead atoms. The van der Waals surface area contributed by atoms with E-state index >= 15 is 0 Å². The van der Waals surface area contributed by atoms with Crippen molar-refractivity contribution < 1.29 is 18.1 Å². The minimum Gasteiger partial charge on any atom is -0.316 e. The number of hydrogen-bond acceptors (Lipinski definition) is 6. The van der Waals surface area contributed by atoms with Gasteiger partial charge in [-0.05, 0) is 23.8 Å². The monoisotopic (exact) mass is 335 g/mol. The highest BCUT2D eigenvalue weighted by Crippen LogP contribution is 2.22. The van der Waals surface area contributed by atoms with E-state index in [0.29, 0.717) is 5.56 Å². The molecule has 0 saturated carbocycles. The zero-order chi connectivity index (χ0) is 17.0. The largest absolute Gasteiger partial charge is 0.316 e. The third-order valence-electron chi connectivity index (χ3n) is 2.89. The third-order valence-corrected chi connectivity index (χ3v) is 3.75. The zero-order valence-corrected chi connectivity index (χ0v) is 12.9. The van der Waals surface area contributed by atoms with Crippen LogP contribution in [-0.2, 0) is 15.6 Å². The number of nitrogens with zero attached hydrogens (tertiary/aromatic N) is 2. The molecule has 1 aromatic carbocycles. The van der Waals surface area contributed by atoms with Crippen LogP contribution in [0.15, 0.2) is 42.7 Å². The Balaban J connectivity index is 2.17. The second-order valence-electron chi connectivity index (χ2n) is 4.87. The summed E-state index contributed by atoms with van der Waals surface area (Å²) < 4.78 is 22.4. The summed E-state index contributed by atoms with van der Waals surface area (Å²) in [6.45, 7) is 0. The maximum Gasteiger partial charge on any atom is 0.310 e. The van der Waals surface area contributed by atoms with Gasteiger partial charge < -0.3 is 5.32 Å². The van der Waals surface area contributed by atoms with Crippen molar-refractivity contribution in [2.45, 2.75) is 5.75 Å². The molecule has 0 aliphatic rings. The lowest BCUT2D eigenvalue weighted by Gasteiger charge is -2.06. The van der Waals surface area contributed by atoms with E-state index in [1.165, 1.54) is 36.5 Å². The molecule has 120 valence electrons. The molecular weight excluding hydrogens is 322 g/mol. The maximum atomic E-state index is 12.1. The Morgan fingerprint density at radius 1 is 1.26 bits per heavy atom. The van der Waals surface area contributed by atoms with E-state index in [4.69, 9.17) is 0 Å². The van der Waals surface area contributed by atoms with Crippen molar-refractivity contribution in [2.24, 2.45) is 0 Å². The molecule has 1 N–H and O–H groups in total. The topological polar surface area (TPSA) is 119 Å². The van der Waals surface area contributed by atoms with Gasteiger partial charge in [-0.15, -0.1) is 0 Å². The molecule has 0 fully saturated rings. The molecule has 1 heterocycles. The van der Waals surface area contributed by atoms with Gasteiger partial charge in [0.25, 0.3) is 5.91 Å². The number of carbonyl (C=O) groups excluding carboxylic acids is 1. The lowest BCUT2D eigenvalue weighted by atomic mass is 10.1. The summed E-state index contributed by atoms with van der Waals surface area (Å²) >= 11 is 0. The minimum atomic E-state index is -3.16. The van der Waals surface area contributed by atoms with Crippen LogP contribution in [0.4, 0.5) is 11.4 Å². The fourth-order valence-electron chi connectivity index (χ4n) is 1.89. The second kappa shape index (κ2) is 6.53. The molecule has 0 saturated heterocycles. The van der Waals surface area contributed by atoms with Crippen molar-refractivity contribution in [1.82, 2.24) is 4.98 Å². The molecule has 2 aromatic rings. The standard InChI is InChI=1S/C14H13N3O5S/c1-23(21,22)9-10-2-4-11(5-3-10)14(18)16-12-6-7-15-8-13(12)17(19)20/h2-8H,9H2,1H3,(H,15,16,18). The summed E-state index contributed by atoms with van der Waals surface area (Å²) in [7, 11) is -3.16. The molecule has 0 spiro atoms. The van der Waals surface area contributed by atoms with Crippen LogP contribution in [-0.4, -0.2) is 30.5 Å². The van der Waals surface area contributed by atoms with Gasteiger partial charge in [-0.25, -0.2) is 8.42 Å². The molecule has 2 rings (SSSR count). The molecule has 23 heavy (non-hydrogen) atoms. The van der Waals surface area contributed by atoms with Crippen LogP contribution in [0.3, 0.4) is 0 Å². The van der Waals surface area contributed by atoms with Crippen LogP contribution in [0, 0.1) is 10.1 Å². The van der Waals surface area contributed by atoms with Crippen LogP contribution >= 0.6 is 0 Å². The van der Waals surface area contributed by atoms with Crippen LogP contribution in [0.25, 0.3) is 0 Å². The van der Waals surface area contributed by atoms with Gasteiger partial charge >= 0.3 is 5.69 Å². The van der Waals surface area contributed by atoms with Crippen molar-refractivity contribution in [2.75, 3.05) is 11.6 Å². The van der Waals surface area contributed by atoms with Crippen LogP contribution in [0.5, 0.6) is 0 Å². The second-order valence-corrected chi connectivity index (χ2v) is 7.01. The molecule has 1 aromatic heterocycles. The van der Waals surface area contributed by atoms with Crippen LogP contribution in [0.1, 0.15) is 15.9 Å². The predicted octanol–water partition coefficient (Wildman–Crippen LogP) is 1.79. The number of aromatic nitrogens is 1. The first-order chi connectivity index (χ1) is 10.8. The summed E-state index contributed by atoms with van der Waals surface area (Å²) in [5.41, 5.74) is 0.539. The first-order valence-corrected chi connectivity index (χ1v) is 8.49. The summed E-state index contributed by atoms with van der Waals surface area (Å²) in [5, 5.41) is 13.3. The zero-order valence-electron chi connectivity index (χ0n) is 12.1. The Labute approximate surface area is 132 Å². The lowest BCUT2D eigenvalue weighted by Crippen LogP contribution is -2.13. The van der Waals surface area contributed by atoms with Crippen molar-refractivity contribution in [1.29, 1.82) is 0 Å². The number of amides is 1. The molecule has 9 heteroatoms. The van der Waals surface area contributed by atoms with Crippen molar-refractivity contribution in [3.63, 3.8) is 0 Å². The number of benzene rings is 1. The number of nitro groups is 1. The highest BCUT2D eigenvalue weighted by atomic mass is 32.2. The van der Waals surface area contributed by atoms with Crippen LogP contribution in [0.2, 0.25) is 0 Å². The fourth-order valence-corrected chi connectivity index (χ4v) is 2.68. The molecular formula is C14H13N3O5S. The van der Waals surface area contributed by atoms with E-state index in [1.807, 2.05) is 0 Å². The van der Waals surface area contributed by atoms with E-state index in [0.717, 1.165) is 12.5 Å². The quantitative estimate of drug-likeness (QED) is 0.657. The SMILES string of the molecule is CS(=O)(=O)Cc1ccc(C(=O)Nc2ccncc2[N+](=O)[O-])cc1. The maximum absolute atomic E-state index is 12.1. The predicted molar refractivity (Wildman–Crippen MR) is 83.8 cm³/mol. The van der Waals surface area contributed by atoms with Gasteiger partial charge in [0.2, 0.25) is 0 Å². The number of hydrogen-bond donors (Lipinski definition) is 1. The van der Waals surface area contributed by atoms with Gasteiger partial charge in [0.15, 0.2) is 9.84 Å². The Hall–Kier alpha value is -2.81. The van der Waals surface area contributed by atoms with Gasteiger partial charge in [0, 0.05) is 18.0 Å². The Morgan fingerprint density at radius 3 is 2.48 bits per heavy atom. The van der Waals surface area contributed by atoms with Gasteiger partial charge in [-0.2, -0.15) is 0 Å². The number of sulfone groups is 1. The molecule has 0 atom stereocenters. The lowest BCUT2D eigenvalue weighted by molar-refractivity contribution is -0.384. The smallest absolute Gasteiger partial charge is 0.310 e. The Morgan fingerprint density at radius 2 is 1.91 bits per heavy atom. The molecule has 0 radical (unpaired) electrons. The number of pyridine rings is 1. The van der Waals surface area contributed by atoms with E-state index in [2.05, 4.69) is 10.3 Å². The van der Waals surface area contributed by atoms with E-state index in [-0.39, 0.29) is 22.7 Å². The first-order valence-electron chi connectivity index (χ1n) is 6.43. The van der Waals surface area contributed by atoms with Gasteiger partial charge in [-0.1, -0.05) is 12.1 Å². The summed E-state index contributed by atoms with van der Waals surface area (Å²) in [4.78, 5) is 26.0. The molecule has 1 amide bonds. The Kier molecular flexibility index (Phi) is 4.70. The molecule has 0 aliphatic heterocycles. The summed E-state index contributed by atoms with van der Waals surface area (Å²) in [6, 6.07) is 7.30. The Bertz CT molecular complexity index is 847. The first kappa shape index (κ1) is 16.6. The van der Waals surface area contributed by atoms with Gasteiger partial charge in [0.1, 0.15) is 11.9 Å². The molecule has 0 aliphatic carbocycles. The number of nitrogens with one attached hydrogen (secondary N) is 1. The molecule has 8 nitrogen and oxygen atoms in total. The number of anilines is 1. The minimum absolute atomic E-state index is 0.0372. The average Bonchev–Trinajstić information content (AvgIpc) is 2.46. The van der Waals surface area contributed by atoms with Crippen molar-refractivity contribution in [3.8, 4) is 0 Å². The van der Waals surface area contributed by atoms with Gasteiger partial charge in [0.05, 0.1) is 10.7 Å². The normalized spacial score (nSPS) is 11.0. The van der Waals surface area contributed by atoms with E-state index in [1.54, 1.807) is 0 Å². The highest BCUT2D eigenvalue weighted by Gasteiger charge is 2.16.